The van der Waals surface area contributed by atoms with Gasteiger partial charge in [-0.1, -0.05) is 12.1 Å². The molecule has 0 amide bonds. The highest BCUT2D eigenvalue weighted by molar-refractivity contribution is 5.67. The molecular weight excluding hydrogens is 221 g/mol. The number of hydrogen-bond donors (Lipinski definition) is 1. The lowest BCUT2D eigenvalue weighted by Gasteiger charge is -2.30. The summed E-state index contributed by atoms with van der Waals surface area (Å²) in [6.07, 6.45) is 1.63. The Morgan fingerprint density at radius 3 is 2.76 bits per heavy atom. The van der Waals surface area contributed by atoms with Crippen molar-refractivity contribution in [2.24, 2.45) is 5.92 Å². The zero-order valence-electron chi connectivity index (χ0n) is 9.62. The normalized spacial score (nSPS) is 24.5. The maximum absolute atomic E-state index is 12.7. The van der Waals surface area contributed by atoms with Crippen LogP contribution in [0.4, 0.5) is 4.39 Å². The van der Waals surface area contributed by atoms with Crippen LogP contribution in [0.1, 0.15) is 18.4 Å². The molecule has 2 rings (SSSR count). The molecule has 3 nitrogen and oxygen atoms in total. The molecule has 0 radical (unpaired) electrons. The monoisotopic (exact) mass is 237 g/mol. The minimum Gasteiger partial charge on any atom is -0.550 e. The Hall–Kier alpha value is -1.42. The van der Waals surface area contributed by atoms with Gasteiger partial charge in [0.2, 0.25) is 0 Å². The number of halogens is 1. The third-order valence-electron chi connectivity index (χ3n) is 3.32. The minimum atomic E-state index is -0.943. The largest absolute Gasteiger partial charge is 0.550 e. The van der Waals surface area contributed by atoms with Crippen molar-refractivity contribution in [1.82, 2.24) is 0 Å². The third-order valence-corrected chi connectivity index (χ3v) is 3.32. The molecule has 1 aliphatic heterocycles. The molecule has 0 saturated carbocycles. The molecule has 0 spiro atoms. The molecular formula is C13H16FNO2. The second-order valence-corrected chi connectivity index (χ2v) is 4.67. The number of carboxylic acids is 1. The quantitative estimate of drug-likeness (QED) is 0.761. The lowest BCUT2D eigenvalue weighted by Crippen LogP contribution is -3.12. The number of rotatable bonds is 3. The molecule has 0 aromatic heterocycles. The summed E-state index contributed by atoms with van der Waals surface area (Å²) in [5.74, 6) is -1.52. The van der Waals surface area contributed by atoms with Crippen molar-refractivity contribution in [3.63, 3.8) is 0 Å². The van der Waals surface area contributed by atoms with Gasteiger partial charge in [0.25, 0.3) is 0 Å². The number of aliphatic carboxylic acids is 1. The lowest BCUT2D eigenvalue weighted by molar-refractivity contribution is -0.921. The Balaban J connectivity index is 1.94. The summed E-state index contributed by atoms with van der Waals surface area (Å²) < 4.78 is 12.7. The van der Waals surface area contributed by atoms with E-state index in [9.17, 15) is 14.3 Å². The Kier molecular flexibility index (Phi) is 3.74. The van der Waals surface area contributed by atoms with Crippen LogP contribution in [0.15, 0.2) is 24.3 Å². The first kappa shape index (κ1) is 12.0. The number of quaternary nitrogens is 1. The van der Waals surface area contributed by atoms with Gasteiger partial charge in [-0.05, 0) is 25.0 Å². The smallest absolute Gasteiger partial charge is 0.123 e. The molecule has 92 valence electrons. The minimum absolute atomic E-state index is 0.241. The van der Waals surface area contributed by atoms with E-state index >= 15 is 0 Å². The molecule has 1 aromatic rings. The van der Waals surface area contributed by atoms with E-state index in [4.69, 9.17) is 0 Å². The van der Waals surface area contributed by atoms with E-state index in [1.54, 1.807) is 12.1 Å². The molecule has 1 aliphatic rings. The topological polar surface area (TPSA) is 44.6 Å². The molecule has 1 fully saturated rings. The fraction of sp³-hybridized carbons (Fsp3) is 0.462. The molecule has 2 atom stereocenters. The fourth-order valence-electron chi connectivity index (χ4n) is 2.40. The van der Waals surface area contributed by atoms with Crippen molar-refractivity contribution in [3.05, 3.63) is 35.6 Å². The van der Waals surface area contributed by atoms with Gasteiger partial charge in [0.1, 0.15) is 12.4 Å². The summed E-state index contributed by atoms with van der Waals surface area (Å²) >= 11 is 0. The van der Waals surface area contributed by atoms with E-state index in [0.717, 1.165) is 31.5 Å². The second-order valence-electron chi connectivity index (χ2n) is 4.67. The van der Waals surface area contributed by atoms with Crippen molar-refractivity contribution >= 4 is 5.97 Å². The summed E-state index contributed by atoms with van der Waals surface area (Å²) in [4.78, 5) is 12.1. The number of hydrogen-bond acceptors (Lipinski definition) is 2. The van der Waals surface area contributed by atoms with Gasteiger partial charge in [0.15, 0.2) is 0 Å². The van der Waals surface area contributed by atoms with Crippen molar-refractivity contribution < 1.29 is 19.2 Å². The van der Waals surface area contributed by atoms with E-state index in [-0.39, 0.29) is 11.7 Å². The van der Waals surface area contributed by atoms with E-state index in [2.05, 4.69) is 0 Å². The number of nitrogens with one attached hydrogen (secondary N) is 1. The van der Waals surface area contributed by atoms with Crippen LogP contribution in [0.3, 0.4) is 0 Å². The van der Waals surface area contributed by atoms with E-state index in [1.807, 2.05) is 0 Å². The number of carbonyl (C=O) groups excluding carboxylic acids is 1. The summed E-state index contributed by atoms with van der Waals surface area (Å²) in [5, 5.41) is 10.8. The van der Waals surface area contributed by atoms with Gasteiger partial charge >= 0.3 is 0 Å². The number of benzene rings is 1. The van der Waals surface area contributed by atoms with Crippen LogP contribution < -0.4 is 10.0 Å². The van der Waals surface area contributed by atoms with Crippen LogP contribution in [-0.2, 0) is 11.3 Å². The van der Waals surface area contributed by atoms with Gasteiger partial charge in [0.05, 0.1) is 19.1 Å². The number of carbonyl (C=O) groups is 1. The van der Waals surface area contributed by atoms with Crippen LogP contribution >= 0.6 is 0 Å². The van der Waals surface area contributed by atoms with Crippen LogP contribution in [0.2, 0.25) is 0 Å². The number of piperidine rings is 1. The van der Waals surface area contributed by atoms with Crippen LogP contribution in [-0.4, -0.2) is 19.1 Å². The lowest BCUT2D eigenvalue weighted by atomic mass is 9.98. The third kappa shape index (κ3) is 3.27. The Bertz CT molecular complexity index is 391. The van der Waals surface area contributed by atoms with Crippen LogP contribution in [0.25, 0.3) is 0 Å². The van der Waals surface area contributed by atoms with Crippen molar-refractivity contribution in [1.29, 1.82) is 0 Å². The molecule has 4 heteroatoms. The molecule has 0 aliphatic carbocycles. The molecule has 1 saturated heterocycles. The summed E-state index contributed by atoms with van der Waals surface area (Å²) in [6, 6.07) is 6.39. The fourth-order valence-corrected chi connectivity index (χ4v) is 2.40. The predicted octanol–water partition coefficient (Wildman–Crippen LogP) is -0.629. The molecule has 1 heterocycles. The first-order valence-electron chi connectivity index (χ1n) is 5.94. The van der Waals surface area contributed by atoms with Crippen molar-refractivity contribution in [2.45, 2.75) is 19.4 Å². The number of likely N-dealkylation sites (tertiary alicyclic amines) is 1. The van der Waals surface area contributed by atoms with E-state index in [0.29, 0.717) is 6.54 Å². The molecule has 1 aromatic carbocycles. The van der Waals surface area contributed by atoms with Gasteiger partial charge in [-0.3, -0.25) is 0 Å². The summed E-state index contributed by atoms with van der Waals surface area (Å²) in [5.41, 5.74) is 1.04. The average molecular weight is 237 g/mol. The highest BCUT2D eigenvalue weighted by atomic mass is 19.1. The summed E-state index contributed by atoms with van der Waals surface area (Å²) in [6.45, 7) is 2.34. The zero-order chi connectivity index (χ0) is 12.3. The zero-order valence-corrected chi connectivity index (χ0v) is 9.62. The molecule has 1 unspecified atom stereocenters. The van der Waals surface area contributed by atoms with Gasteiger partial charge < -0.3 is 14.8 Å². The molecule has 1 N–H and O–H groups in total. The first-order chi connectivity index (χ1) is 8.15. The Morgan fingerprint density at radius 1 is 1.41 bits per heavy atom. The standard InChI is InChI=1S/C13H16FNO2/c14-12-5-3-10(4-6-12)8-15-7-1-2-11(9-15)13(16)17/h3-6,11H,1-2,7-9H2,(H,16,17)/t11-/m0/s1. The van der Waals surface area contributed by atoms with Gasteiger partial charge in [-0.15, -0.1) is 0 Å². The van der Waals surface area contributed by atoms with E-state index in [1.165, 1.54) is 17.0 Å². The summed E-state index contributed by atoms with van der Waals surface area (Å²) in [7, 11) is 0. The Labute approximate surface area is 99.9 Å². The highest BCUT2D eigenvalue weighted by Crippen LogP contribution is 2.07. The second kappa shape index (κ2) is 5.27. The van der Waals surface area contributed by atoms with Crippen LogP contribution in [0.5, 0.6) is 0 Å². The predicted molar refractivity (Wildman–Crippen MR) is 58.5 cm³/mol. The molecule has 0 bridgehead atoms. The van der Waals surface area contributed by atoms with Gasteiger partial charge in [-0.2, -0.15) is 0 Å². The van der Waals surface area contributed by atoms with Gasteiger partial charge in [-0.25, -0.2) is 4.39 Å². The Morgan fingerprint density at radius 2 is 2.12 bits per heavy atom. The molecule has 17 heavy (non-hydrogen) atoms. The highest BCUT2D eigenvalue weighted by Gasteiger charge is 2.23. The maximum Gasteiger partial charge on any atom is 0.123 e. The first-order valence-corrected chi connectivity index (χ1v) is 5.94. The van der Waals surface area contributed by atoms with Crippen molar-refractivity contribution in [3.8, 4) is 0 Å². The van der Waals surface area contributed by atoms with Crippen molar-refractivity contribution in [2.75, 3.05) is 13.1 Å². The number of carboxylic acid groups (broad SMARTS) is 1. The maximum atomic E-state index is 12.7. The van der Waals surface area contributed by atoms with E-state index < -0.39 is 5.97 Å². The SMILES string of the molecule is O=C([O-])[C@H]1CCC[NH+](Cc2ccc(F)cc2)C1. The average Bonchev–Trinajstić information content (AvgIpc) is 2.32. The van der Waals surface area contributed by atoms with Crippen LogP contribution in [0, 0.1) is 11.7 Å². The van der Waals surface area contributed by atoms with Gasteiger partial charge in [0, 0.05) is 11.5 Å².